The molecule has 0 saturated heterocycles. The van der Waals surface area contributed by atoms with Gasteiger partial charge in [0.2, 0.25) is 0 Å². The van der Waals surface area contributed by atoms with E-state index in [4.69, 9.17) is 0 Å². The van der Waals surface area contributed by atoms with Gasteiger partial charge in [-0.05, 0) is 40.3 Å². The second-order valence-electron chi connectivity index (χ2n) is 10.8. The van der Waals surface area contributed by atoms with Crippen LogP contribution in [0.2, 0.25) is 0 Å². The zero-order valence-corrected chi connectivity index (χ0v) is 26.2. The molecule has 2 N–H and O–H groups in total. The number of aromatic amines is 1. The van der Waals surface area contributed by atoms with E-state index in [1.165, 1.54) is 17.5 Å². The monoisotopic (exact) mass is 487 g/mol. The van der Waals surface area contributed by atoms with Gasteiger partial charge in [0.1, 0.15) is 0 Å². The highest BCUT2D eigenvalue weighted by molar-refractivity contribution is 5.22. The third-order valence-corrected chi connectivity index (χ3v) is 5.03. The number of hydrogen-bond acceptors (Lipinski definition) is 2. The summed E-state index contributed by atoms with van der Waals surface area (Å²) in [4.78, 5) is 0. The molecule has 3 heteroatoms. The minimum absolute atomic E-state index is 0.229. The van der Waals surface area contributed by atoms with E-state index in [0.29, 0.717) is 10.8 Å². The van der Waals surface area contributed by atoms with Gasteiger partial charge in [0.15, 0.2) is 0 Å². The second-order valence-corrected chi connectivity index (χ2v) is 10.8. The van der Waals surface area contributed by atoms with Crippen molar-refractivity contribution in [2.45, 2.75) is 121 Å². The van der Waals surface area contributed by atoms with Gasteiger partial charge >= 0.3 is 0 Å². The number of benzene rings is 1. The predicted octanol–water partition coefficient (Wildman–Crippen LogP) is 9.72. The highest BCUT2D eigenvalue weighted by Crippen LogP contribution is 2.28. The Morgan fingerprint density at radius 3 is 1.37 bits per heavy atom. The van der Waals surface area contributed by atoms with Crippen molar-refractivity contribution >= 4 is 0 Å². The van der Waals surface area contributed by atoms with Crippen molar-refractivity contribution in [3.63, 3.8) is 0 Å². The highest BCUT2D eigenvalue weighted by Gasteiger charge is 2.17. The number of nitrogens with one attached hydrogen (secondary N) is 2. The Bertz CT molecular complexity index is 707. The van der Waals surface area contributed by atoms with Crippen LogP contribution in [-0.4, -0.2) is 23.3 Å². The molecule has 1 aromatic carbocycles. The first-order valence-corrected chi connectivity index (χ1v) is 13.8. The lowest BCUT2D eigenvalue weighted by Gasteiger charge is -2.26. The minimum atomic E-state index is 0.229. The SMILES string of the molecule is CC.CC.CC.CC(C)(C)C1=CCNCC1.CC(C)(C)c1ccccc1.CC(C)(C)c1cn[nH]c1. The Hall–Kier alpha value is -1.87. The standard InChI is InChI=1S/C10H14.C9H17N.C7H12N2.3C2H6/c1-10(2,3)9-7-5-4-6-8-9;1-9(2,3)8-4-6-10-7-5-8;1-7(2,3)6-4-8-9-5-6;3*1-2/h4-8H,1-3H3;4,10H,5-7H2,1-3H3;4-5H,1-3H3,(H,8,9);3*1-2H3. The Balaban J connectivity index is -0.000000396. The zero-order chi connectivity index (χ0) is 28.1. The van der Waals surface area contributed by atoms with Crippen molar-refractivity contribution in [2.75, 3.05) is 13.1 Å². The third-order valence-electron chi connectivity index (χ3n) is 5.03. The molecule has 204 valence electrons. The summed E-state index contributed by atoms with van der Waals surface area (Å²) in [7, 11) is 0. The first-order chi connectivity index (χ1) is 16.3. The minimum Gasteiger partial charge on any atom is -0.313 e. The van der Waals surface area contributed by atoms with Crippen LogP contribution in [0.25, 0.3) is 0 Å². The maximum Gasteiger partial charge on any atom is 0.0524 e. The molecular weight excluding hydrogens is 426 g/mol. The van der Waals surface area contributed by atoms with Gasteiger partial charge < -0.3 is 5.32 Å². The lowest BCUT2D eigenvalue weighted by Crippen LogP contribution is -2.25. The molecular formula is C32H61N3. The largest absolute Gasteiger partial charge is 0.313 e. The molecule has 3 rings (SSSR count). The molecule has 0 saturated carbocycles. The number of rotatable bonds is 0. The van der Waals surface area contributed by atoms with Gasteiger partial charge in [0, 0.05) is 12.7 Å². The summed E-state index contributed by atoms with van der Waals surface area (Å²) in [6.45, 7) is 34.2. The van der Waals surface area contributed by atoms with Gasteiger partial charge in [-0.2, -0.15) is 5.10 Å². The average molecular weight is 488 g/mol. The average Bonchev–Trinajstić information content (AvgIpc) is 3.40. The maximum absolute atomic E-state index is 3.86. The normalized spacial score (nSPS) is 12.7. The topological polar surface area (TPSA) is 40.7 Å². The molecule has 1 aromatic heterocycles. The van der Waals surface area contributed by atoms with Crippen molar-refractivity contribution in [3.05, 3.63) is 65.5 Å². The summed E-state index contributed by atoms with van der Waals surface area (Å²) < 4.78 is 0. The third kappa shape index (κ3) is 19.0. The van der Waals surface area contributed by atoms with E-state index >= 15 is 0 Å². The fraction of sp³-hybridized carbons (Fsp3) is 0.656. The molecule has 2 aromatic rings. The molecule has 2 heterocycles. The molecule has 0 atom stereocenters. The lowest BCUT2D eigenvalue weighted by atomic mass is 9.83. The van der Waals surface area contributed by atoms with Crippen LogP contribution in [0.5, 0.6) is 0 Å². The van der Waals surface area contributed by atoms with Crippen molar-refractivity contribution in [1.29, 1.82) is 0 Å². The molecule has 0 radical (unpaired) electrons. The fourth-order valence-electron chi connectivity index (χ4n) is 2.90. The molecule has 0 aliphatic carbocycles. The van der Waals surface area contributed by atoms with Crippen molar-refractivity contribution in [3.8, 4) is 0 Å². The van der Waals surface area contributed by atoms with Crippen molar-refractivity contribution < 1.29 is 0 Å². The Morgan fingerprint density at radius 1 is 0.657 bits per heavy atom. The molecule has 0 spiro atoms. The first-order valence-electron chi connectivity index (χ1n) is 13.8. The van der Waals surface area contributed by atoms with E-state index in [0.717, 1.165) is 13.1 Å². The summed E-state index contributed by atoms with van der Waals surface area (Å²) in [5.74, 6) is 0. The number of hydrogen-bond donors (Lipinski definition) is 2. The number of aromatic nitrogens is 2. The van der Waals surface area contributed by atoms with Crippen molar-refractivity contribution in [1.82, 2.24) is 15.5 Å². The number of H-pyrrole nitrogens is 1. The summed E-state index contributed by atoms with van der Waals surface area (Å²) in [6, 6.07) is 10.6. The van der Waals surface area contributed by atoms with Crippen LogP contribution in [-0.2, 0) is 10.8 Å². The quantitative estimate of drug-likeness (QED) is 0.363. The zero-order valence-electron chi connectivity index (χ0n) is 26.2. The summed E-state index contributed by atoms with van der Waals surface area (Å²) in [6.07, 6.45) is 7.34. The second kappa shape index (κ2) is 20.3. The molecule has 1 aliphatic heterocycles. The molecule has 0 fully saturated rings. The van der Waals surface area contributed by atoms with Crippen LogP contribution >= 0.6 is 0 Å². The molecule has 0 unspecified atom stereocenters. The molecule has 35 heavy (non-hydrogen) atoms. The van der Waals surface area contributed by atoms with Crippen LogP contribution in [0.3, 0.4) is 0 Å². The van der Waals surface area contributed by atoms with E-state index in [9.17, 15) is 0 Å². The summed E-state index contributed by atoms with van der Waals surface area (Å²) in [5.41, 5.74) is 5.17. The van der Waals surface area contributed by atoms with Crippen LogP contribution in [0, 0.1) is 5.41 Å². The maximum atomic E-state index is 3.86. The molecule has 3 nitrogen and oxygen atoms in total. The van der Waals surface area contributed by atoms with E-state index in [1.54, 1.807) is 5.57 Å². The fourth-order valence-corrected chi connectivity index (χ4v) is 2.90. The van der Waals surface area contributed by atoms with Crippen LogP contribution < -0.4 is 5.32 Å². The van der Waals surface area contributed by atoms with Crippen LogP contribution in [0.1, 0.15) is 121 Å². The molecule has 1 aliphatic rings. The van der Waals surface area contributed by atoms with Crippen molar-refractivity contribution in [2.24, 2.45) is 5.41 Å². The van der Waals surface area contributed by atoms with E-state index in [2.05, 4.69) is 114 Å². The lowest BCUT2D eigenvalue weighted by molar-refractivity contribution is 0.464. The highest BCUT2D eigenvalue weighted by atomic mass is 15.1. The van der Waals surface area contributed by atoms with Gasteiger partial charge in [-0.1, -0.05) is 146 Å². The van der Waals surface area contributed by atoms with Gasteiger partial charge in [-0.25, -0.2) is 0 Å². The molecule has 0 amide bonds. The first kappa shape index (κ1) is 37.7. The Kier molecular flexibility index (Phi) is 21.9. The smallest absolute Gasteiger partial charge is 0.0524 e. The van der Waals surface area contributed by atoms with Crippen LogP contribution in [0.15, 0.2) is 54.4 Å². The predicted molar refractivity (Wildman–Crippen MR) is 161 cm³/mol. The van der Waals surface area contributed by atoms with Gasteiger partial charge in [0.05, 0.1) is 6.20 Å². The van der Waals surface area contributed by atoms with Gasteiger partial charge in [-0.3, -0.25) is 5.10 Å². The number of nitrogens with zero attached hydrogens (tertiary/aromatic N) is 1. The van der Waals surface area contributed by atoms with E-state index < -0.39 is 0 Å². The van der Waals surface area contributed by atoms with Gasteiger partial charge in [-0.15, -0.1) is 0 Å². The van der Waals surface area contributed by atoms with Crippen LogP contribution in [0.4, 0.5) is 0 Å². The summed E-state index contributed by atoms with van der Waals surface area (Å²) in [5, 5.41) is 9.96. The summed E-state index contributed by atoms with van der Waals surface area (Å²) >= 11 is 0. The van der Waals surface area contributed by atoms with Gasteiger partial charge in [0.25, 0.3) is 0 Å². The molecule has 0 bridgehead atoms. The Morgan fingerprint density at radius 2 is 1.14 bits per heavy atom. The van der Waals surface area contributed by atoms with E-state index in [-0.39, 0.29) is 5.41 Å². The van der Waals surface area contributed by atoms with E-state index in [1.807, 2.05) is 53.9 Å². The Labute approximate surface area is 220 Å².